The first kappa shape index (κ1) is 9.74. The number of aliphatic hydroxyl groups excluding tert-OH is 1. The van der Waals surface area contributed by atoms with Crippen molar-refractivity contribution in [2.24, 2.45) is 0 Å². The molecule has 0 saturated heterocycles. The fraction of sp³-hybridized carbons (Fsp3) is 0.273. The first-order valence-electron chi connectivity index (χ1n) is 5.05. The Morgan fingerprint density at radius 1 is 1.44 bits per heavy atom. The van der Waals surface area contributed by atoms with Crippen LogP contribution in [0.2, 0.25) is 0 Å². The van der Waals surface area contributed by atoms with E-state index in [-0.39, 0.29) is 0 Å². The zero-order valence-electron chi connectivity index (χ0n) is 8.46. The predicted molar refractivity (Wildman–Crippen MR) is 59.6 cm³/mol. The van der Waals surface area contributed by atoms with Gasteiger partial charge in [-0.2, -0.15) is 0 Å². The molecule has 1 aromatic carbocycles. The fourth-order valence-corrected chi connectivity index (χ4v) is 2.35. The molecule has 1 aliphatic rings. The van der Waals surface area contributed by atoms with E-state index >= 15 is 0 Å². The van der Waals surface area contributed by atoms with Crippen molar-refractivity contribution in [3.63, 3.8) is 0 Å². The average molecular weight is 234 g/mol. The number of aromatic nitrogens is 2. The fourth-order valence-electron chi connectivity index (χ4n) is 1.84. The van der Waals surface area contributed by atoms with Gasteiger partial charge in [0.1, 0.15) is 11.9 Å². The monoisotopic (exact) mass is 234 g/mol. The van der Waals surface area contributed by atoms with E-state index in [1.807, 2.05) is 18.2 Å². The number of ether oxygens (including phenoxy) is 1. The number of aliphatic hydroxyl groups is 1. The maximum atomic E-state index is 10.1. The van der Waals surface area contributed by atoms with Gasteiger partial charge in [0.2, 0.25) is 0 Å². The molecule has 2 aromatic rings. The van der Waals surface area contributed by atoms with Gasteiger partial charge in [0.05, 0.1) is 17.7 Å². The van der Waals surface area contributed by atoms with Crippen LogP contribution < -0.4 is 4.74 Å². The summed E-state index contributed by atoms with van der Waals surface area (Å²) in [5, 5.41) is 13.8. The van der Waals surface area contributed by atoms with E-state index in [2.05, 4.69) is 9.59 Å². The minimum Gasteiger partial charge on any atom is -0.493 e. The van der Waals surface area contributed by atoms with Crippen molar-refractivity contribution >= 4 is 11.5 Å². The molecule has 5 heteroatoms. The number of rotatable bonds is 2. The largest absolute Gasteiger partial charge is 0.493 e. The van der Waals surface area contributed by atoms with E-state index in [0.29, 0.717) is 0 Å². The third-order valence-electron chi connectivity index (χ3n) is 2.68. The molecular formula is C11H10N2O2S. The SMILES string of the molecule is OC(c1ccc2c(c1)CCO2)c1cnns1. The summed E-state index contributed by atoms with van der Waals surface area (Å²) in [4.78, 5) is 0.763. The summed E-state index contributed by atoms with van der Waals surface area (Å²) in [5.41, 5.74) is 2.03. The number of hydrogen-bond acceptors (Lipinski definition) is 5. The summed E-state index contributed by atoms with van der Waals surface area (Å²) in [5.74, 6) is 0.929. The molecule has 0 fully saturated rings. The molecule has 16 heavy (non-hydrogen) atoms. The van der Waals surface area contributed by atoms with Gasteiger partial charge in [0, 0.05) is 6.42 Å². The third-order valence-corrected chi connectivity index (χ3v) is 3.39. The molecule has 1 unspecified atom stereocenters. The molecular weight excluding hydrogens is 224 g/mol. The molecule has 0 bridgehead atoms. The van der Waals surface area contributed by atoms with Crippen molar-refractivity contribution in [3.05, 3.63) is 40.4 Å². The first-order valence-corrected chi connectivity index (χ1v) is 5.83. The van der Waals surface area contributed by atoms with E-state index < -0.39 is 6.10 Å². The second-order valence-electron chi connectivity index (χ2n) is 3.69. The Morgan fingerprint density at radius 2 is 2.38 bits per heavy atom. The second kappa shape index (κ2) is 3.84. The van der Waals surface area contributed by atoms with Gasteiger partial charge in [-0.05, 0) is 34.8 Å². The first-order chi connectivity index (χ1) is 7.84. The van der Waals surface area contributed by atoms with Crippen LogP contribution in [0.5, 0.6) is 5.75 Å². The Hall–Kier alpha value is -1.46. The van der Waals surface area contributed by atoms with Crippen molar-refractivity contribution in [1.29, 1.82) is 0 Å². The van der Waals surface area contributed by atoms with E-state index in [1.54, 1.807) is 6.20 Å². The van der Waals surface area contributed by atoms with Gasteiger partial charge in [-0.15, -0.1) is 5.10 Å². The Morgan fingerprint density at radius 3 is 3.19 bits per heavy atom. The highest BCUT2D eigenvalue weighted by Gasteiger charge is 2.17. The number of benzene rings is 1. The normalized spacial score (nSPS) is 15.6. The van der Waals surface area contributed by atoms with Crippen molar-refractivity contribution in [2.45, 2.75) is 12.5 Å². The van der Waals surface area contributed by atoms with E-state index in [4.69, 9.17) is 4.74 Å². The topological polar surface area (TPSA) is 55.2 Å². The molecule has 0 spiro atoms. The van der Waals surface area contributed by atoms with Gasteiger partial charge in [-0.1, -0.05) is 10.6 Å². The van der Waals surface area contributed by atoms with E-state index in [9.17, 15) is 5.11 Å². The molecule has 1 N–H and O–H groups in total. The van der Waals surface area contributed by atoms with E-state index in [1.165, 1.54) is 11.5 Å². The van der Waals surface area contributed by atoms with Gasteiger partial charge in [-0.25, -0.2) is 0 Å². The lowest BCUT2D eigenvalue weighted by Gasteiger charge is -2.09. The Balaban J connectivity index is 1.95. The van der Waals surface area contributed by atoms with Crippen LogP contribution in [0.25, 0.3) is 0 Å². The summed E-state index contributed by atoms with van der Waals surface area (Å²) in [6, 6.07) is 5.79. The minimum atomic E-state index is -0.633. The molecule has 0 radical (unpaired) electrons. The molecule has 82 valence electrons. The van der Waals surface area contributed by atoms with Crippen molar-refractivity contribution in [2.75, 3.05) is 6.61 Å². The summed E-state index contributed by atoms with van der Waals surface area (Å²) < 4.78 is 9.17. The van der Waals surface area contributed by atoms with Gasteiger partial charge in [-0.3, -0.25) is 0 Å². The number of nitrogens with zero attached hydrogens (tertiary/aromatic N) is 2. The molecule has 0 aliphatic carbocycles. The van der Waals surface area contributed by atoms with Crippen molar-refractivity contribution in [3.8, 4) is 5.75 Å². The van der Waals surface area contributed by atoms with Crippen LogP contribution in [0.4, 0.5) is 0 Å². The van der Waals surface area contributed by atoms with Gasteiger partial charge in [0.15, 0.2) is 0 Å². The van der Waals surface area contributed by atoms with E-state index in [0.717, 1.165) is 34.8 Å². The van der Waals surface area contributed by atoms with Crippen LogP contribution in [0.1, 0.15) is 22.1 Å². The van der Waals surface area contributed by atoms with Gasteiger partial charge >= 0.3 is 0 Å². The second-order valence-corrected chi connectivity index (χ2v) is 4.51. The summed E-state index contributed by atoms with van der Waals surface area (Å²) >= 11 is 1.22. The molecule has 0 saturated carbocycles. The maximum Gasteiger partial charge on any atom is 0.122 e. The lowest BCUT2D eigenvalue weighted by atomic mass is 10.0. The maximum absolute atomic E-state index is 10.1. The molecule has 1 aliphatic heterocycles. The molecule has 1 aromatic heterocycles. The zero-order chi connectivity index (χ0) is 11.0. The quantitative estimate of drug-likeness (QED) is 0.856. The van der Waals surface area contributed by atoms with Crippen LogP contribution in [-0.4, -0.2) is 21.3 Å². The van der Waals surface area contributed by atoms with Crippen LogP contribution in [0, 0.1) is 0 Å². The van der Waals surface area contributed by atoms with Crippen LogP contribution in [0.15, 0.2) is 24.4 Å². The lowest BCUT2D eigenvalue weighted by Crippen LogP contribution is -1.97. The molecule has 4 nitrogen and oxygen atoms in total. The number of fused-ring (bicyclic) bond motifs is 1. The highest BCUT2D eigenvalue weighted by molar-refractivity contribution is 7.05. The lowest BCUT2D eigenvalue weighted by molar-refractivity contribution is 0.224. The Labute approximate surface area is 96.7 Å². The van der Waals surface area contributed by atoms with Crippen LogP contribution >= 0.6 is 11.5 Å². The zero-order valence-corrected chi connectivity index (χ0v) is 9.28. The molecule has 2 heterocycles. The Kier molecular flexibility index (Phi) is 2.34. The summed E-state index contributed by atoms with van der Waals surface area (Å²) in [6.07, 6.45) is 1.88. The van der Waals surface area contributed by atoms with Gasteiger partial charge < -0.3 is 9.84 Å². The molecule has 1 atom stereocenters. The smallest absolute Gasteiger partial charge is 0.122 e. The van der Waals surface area contributed by atoms with Crippen LogP contribution in [-0.2, 0) is 6.42 Å². The molecule has 0 amide bonds. The van der Waals surface area contributed by atoms with Crippen molar-refractivity contribution < 1.29 is 9.84 Å². The molecule has 3 rings (SSSR count). The summed E-state index contributed by atoms with van der Waals surface area (Å²) in [6.45, 7) is 0.733. The highest BCUT2D eigenvalue weighted by Crippen LogP contribution is 2.30. The third kappa shape index (κ3) is 1.58. The van der Waals surface area contributed by atoms with Crippen LogP contribution in [0.3, 0.4) is 0 Å². The summed E-state index contributed by atoms with van der Waals surface area (Å²) in [7, 11) is 0. The number of hydrogen-bond donors (Lipinski definition) is 1. The highest BCUT2D eigenvalue weighted by atomic mass is 32.1. The average Bonchev–Trinajstić information content (AvgIpc) is 2.98. The van der Waals surface area contributed by atoms with Crippen molar-refractivity contribution in [1.82, 2.24) is 9.59 Å². The van der Waals surface area contributed by atoms with Gasteiger partial charge in [0.25, 0.3) is 0 Å². The minimum absolute atomic E-state index is 0.633. The standard InChI is InChI=1S/C11H10N2O2S/c14-11(10-6-12-13-16-10)8-1-2-9-7(5-8)3-4-15-9/h1-2,5-6,11,14H,3-4H2. The predicted octanol–water partition coefficient (Wildman–Crippen LogP) is 1.55. The Bertz CT molecular complexity index is 499.